The van der Waals surface area contributed by atoms with E-state index in [0.717, 1.165) is 38.2 Å². The maximum Gasteiger partial charge on any atom is 0.108 e. The summed E-state index contributed by atoms with van der Waals surface area (Å²) in [6, 6.07) is 11.3. The fraction of sp³-hybridized carbons (Fsp3) is 0.714. The third-order valence-corrected chi connectivity index (χ3v) is 6.80. The van der Waals surface area contributed by atoms with Crippen LogP contribution >= 0.6 is 0 Å². The SMILES string of the molecule is CN1CCC(N2CC[C@](O)(c3ccccc3)[C@H](N3CCCC3)C2)CC1. The zero-order valence-electron chi connectivity index (χ0n) is 15.6. The molecule has 3 fully saturated rings. The second-order valence-electron chi connectivity index (χ2n) is 8.33. The van der Waals surface area contributed by atoms with Gasteiger partial charge in [-0.15, -0.1) is 0 Å². The van der Waals surface area contributed by atoms with Crippen molar-refractivity contribution in [3.63, 3.8) is 0 Å². The summed E-state index contributed by atoms with van der Waals surface area (Å²) in [4.78, 5) is 7.69. The average Bonchev–Trinajstić information content (AvgIpc) is 3.18. The van der Waals surface area contributed by atoms with Crippen LogP contribution in [0.5, 0.6) is 0 Å². The van der Waals surface area contributed by atoms with Crippen molar-refractivity contribution >= 4 is 0 Å². The molecule has 25 heavy (non-hydrogen) atoms. The highest BCUT2D eigenvalue weighted by Gasteiger charge is 2.47. The van der Waals surface area contributed by atoms with Crippen LogP contribution in [0.2, 0.25) is 0 Å². The zero-order chi connectivity index (χ0) is 17.3. The van der Waals surface area contributed by atoms with Gasteiger partial charge in [-0.25, -0.2) is 0 Å². The van der Waals surface area contributed by atoms with Crippen LogP contribution in [0.3, 0.4) is 0 Å². The Hall–Kier alpha value is -0.940. The van der Waals surface area contributed by atoms with Crippen molar-refractivity contribution in [2.24, 2.45) is 0 Å². The first-order valence-electron chi connectivity index (χ1n) is 10.1. The molecule has 4 rings (SSSR count). The quantitative estimate of drug-likeness (QED) is 0.911. The third kappa shape index (κ3) is 3.50. The summed E-state index contributed by atoms with van der Waals surface area (Å²) in [6.07, 6.45) is 5.94. The highest BCUT2D eigenvalue weighted by molar-refractivity contribution is 5.26. The van der Waals surface area contributed by atoms with E-state index in [4.69, 9.17) is 0 Å². The molecule has 3 aliphatic rings. The number of aliphatic hydroxyl groups is 1. The van der Waals surface area contributed by atoms with E-state index < -0.39 is 5.60 Å². The fourth-order valence-electron chi connectivity index (χ4n) is 5.17. The van der Waals surface area contributed by atoms with Crippen molar-refractivity contribution in [1.82, 2.24) is 14.7 Å². The Morgan fingerprint density at radius 3 is 2.28 bits per heavy atom. The summed E-state index contributed by atoms with van der Waals surface area (Å²) >= 11 is 0. The van der Waals surface area contributed by atoms with Crippen LogP contribution in [0.25, 0.3) is 0 Å². The lowest BCUT2D eigenvalue weighted by Crippen LogP contribution is -2.62. The molecule has 1 aromatic rings. The number of piperidine rings is 2. The van der Waals surface area contributed by atoms with E-state index in [1.54, 1.807) is 0 Å². The van der Waals surface area contributed by atoms with Gasteiger partial charge in [0.15, 0.2) is 0 Å². The van der Waals surface area contributed by atoms with Crippen molar-refractivity contribution in [1.29, 1.82) is 0 Å². The first-order chi connectivity index (χ1) is 12.2. The van der Waals surface area contributed by atoms with Gasteiger partial charge in [0.1, 0.15) is 5.60 Å². The summed E-state index contributed by atoms with van der Waals surface area (Å²) in [5, 5.41) is 11.7. The predicted molar refractivity (Wildman–Crippen MR) is 102 cm³/mol. The lowest BCUT2D eigenvalue weighted by Gasteiger charge is -2.51. The van der Waals surface area contributed by atoms with Gasteiger partial charge in [0, 0.05) is 19.1 Å². The van der Waals surface area contributed by atoms with E-state index in [1.165, 1.54) is 38.8 Å². The van der Waals surface area contributed by atoms with Gasteiger partial charge in [0.2, 0.25) is 0 Å². The first kappa shape index (κ1) is 17.5. The Balaban J connectivity index is 1.55. The van der Waals surface area contributed by atoms with Gasteiger partial charge in [0.05, 0.1) is 6.04 Å². The van der Waals surface area contributed by atoms with Crippen molar-refractivity contribution in [2.45, 2.75) is 49.8 Å². The number of rotatable bonds is 3. The second-order valence-corrected chi connectivity index (χ2v) is 8.33. The molecule has 0 unspecified atom stereocenters. The minimum atomic E-state index is -0.701. The van der Waals surface area contributed by atoms with Gasteiger partial charge >= 0.3 is 0 Å². The van der Waals surface area contributed by atoms with Gasteiger partial charge in [-0.3, -0.25) is 9.80 Å². The summed E-state index contributed by atoms with van der Waals surface area (Å²) in [6.45, 7) is 6.73. The van der Waals surface area contributed by atoms with Gasteiger partial charge in [-0.1, -0.05) is 30.3 Å². The standard InChI is InChI=1S/C21H33N3O/c1-22-14-9-19(10-15-22)24-16-11-21(25,18-7-3-2-4-8-18)20(17-24)23-12-5-6-13-23/h2-4,7-8,19-20,25H,5-6,9-17H2,1H3/t20-,21+/m1/s1. The topological polar surface area (TPSA) is 30.0 Å². The van der Waals surface area contributed by atoms with Crippen LogP contribution in [0.15, 0.2) is 30.3 Å². The molecule has 0 saturated carbocycles. The maximum absolute atomic E-state index is 11.7. The predicted octanol–water partition coefficient (Wildman–Crippen LogP) is 2.14. The Kier molecular flexibility index (Phi) is 5.14. The Morgan fingerprint density at radius 1 is 0.920 bits per heavy atom. The average molecular weight is 344 g/mol. The lowest BCUT2D eigenvalue weighted by atomic mass is 9.79. The van der Waals surface area contributed by atoms with E-state index in [2.05, 4.69) is 46.0 Å². The number of hydrogen-bond acceptors (Lipinski definition) is 4. The van der Waals surface area contributed by atoms with Gasteiger partial charge in [-0.05, 0) is 70.9 Å². The Morgan fingerprint density at radius 2 is 1.60 bits per heavy atom. The number of hydrogen-bond donors (Lipinski definition) is 1. The van der Waals surface area contributed by atoms with Gasteiger partial charge in [-0.2, -0.15) is 0 Å². The van der Waals surface area contributed by atoms with E-state index in [0.29, 0.717) is 6.04 Å². The molecule has 1 aromatic carbocycles. The third-order valence-electron chi connectivity index (χ3n) is 6.80. The van der Waals surface area contributed by atoms with E-state index >= 15 is 0 Å². The minimum absolute atomic E-state index is 0.228. The molecule has 138 valence electrons. The summed E-state index contributed by atoms with van der Waals surface area (Å²) in [7, 11) is 2.23. The molecule has 0 aromatic heterocycles. The Bertz CT molecular complexity index is 552. The largest absolute Gasteiger partial charge is 0.383 e. The van der Waals surface area contributed by atoms with Crippen LogP contribution in [-0.4, -0.2) is 78.2 Å². The van der Waals surface area contributed by atoms with Crippen LogP contribution < -0.4 is 0 Å². The van der Waals surface area contributed by atoms with Crippen molar-refractivity contribution < 1.29 is 5.11 Å². The van der Waals surface area contributed by atoms with Crippen molar-refractivity contribution in [2.75, 3.05) is 46.3 Å². The highest BCUT2D eigenvalue weighted by atomic mass is 16.3. The summed E-state index contributed by atoms with van der Waals surface area (Å²) in [5.74, 6) is 0. The smallest absolute Gasteiger partial charge is 0.108 e. The Labute approximate surface area is 152 Å². The maximum atomic E-state index is 11.7. The summed E-state index contributed by atoms with van der Waals surface area (Å²) in [5.41, 5.74) is 0.406. The molecule has 4 heteroatoms. The molecular weight excluding hydrogens is 310 g/mol. The fourth-order valence-corrected chi connectivity index (χ4v) is 5.17. The van der Waals surface area contributed by atoms with Crippen LogP contribution in [-0.2, 0) is 5.60 Å². The van der Waals surface area contributed by atoms with Gasteiger partial charge < -0.3 is 10.0 Å². The summed E-state index contributed by atoms with van der Waals surface area (Å²) < 4.78 is 0. The zero-order valence-corrected chi connectivity index (χ0v) is 15.6. The molecule has 4 nitrogen and oxygen atoms in total. The number of nitrogens with zero attached hydrogens (tertiary/aromatic N) is 3. The van der Waals surface area contributed by atoms with E-state index in [-0.39, 0.29) is 6.04 Å². The minimum Gasteiger partial charge on any atom is -0.383 e. The van der Waals surface area contributed by atoms with Gasteiger partial charge in [0.25, 0.3) is 0 Å². The van der Waals surface area contributed by atoms with Crippen LogP contribution in [0.4, 0.5) is 0 Å². The van der Waals surface area contributed by atoms with Crippen molar-refractivity contribution in [3.05, 3.63) is 35.9 Å². The number of benzene rings is 1. The van der Waals surface area contributed by atoms with E-state index in [9.17, 15) is 5.11 Å². The monoisotopic (exact) mass is 343 g/mol. The highest BCUT2D eigenvalue weighted by Crippen LogP contribution is 2.38. The molecule has 0 aliphatic carbocycles. The molecule has 3 aliphatic heterocycles. The van der Waals surface area contributed by atoms with Crippen LogP contribution in [0, 0.1) is 0 Å². The molecule has 0 bridgehead atoms. The normalized spacial score (nSPS) is 33.8. The van der Waals surface area contributed by atoms with Crippen LogP contribution in [0.1, 0.15) is 37.7 Å². The molecule has 3 heterocycles. The second kappa shape index (κ2) is 7.36. The van der Waals surface area contributed by atoms with E-state index in [1.807, 2.05) is 6.07 Å². The molecular formula is C21H33N3O. The first-order valence-corrected chi connectivity index (χ1v) is 10.1. The molecule has 1 N–H and O–H groups in total. The molecule has 0 spiro atoms. The number of likely N-dealkylation sites (tertiary alicyclic amines) is 3. The molecule has 0 amide bonds. The molecule has 0 radical (unpaired) electrons. The molecule has 3 saturated heterocycles. The molecule has 2 atom stereocenters. The lowest BCUT2D eigenvalue weighted by molar-refractivity contribution is -0.105. The van der Waals surface area contributed by atoms with Crippen molar-refractivity contribution in [3.8, 4) is 0 Å².